The van der Waals surface area contributed by atoms with Gasteiger partial charge in [-0.1, -0.05) is 24.4 Å². The van der Waals surface area contributed by atoms with Crippen LogP contribution in [0.15, 0.2) is 5.16 Å². The molecule has 20 heavy (non-hydrogen) atoms. The molecule has 0 spiro atoms. The molecule has 1 saturated carbocycles. The van der Waals surface area contributed by atoms with E-state index >= 15 is 0 Å². The van der Waals surface area contributed by atoms with Gasteiger partial charge in [0.25, 0.3) is 0 Å². The van der Waals surface area contributed by atoms with Crippen molar-refractivity contribution in [1.82, 2.24) is 10.0 Å². The molecule has 1 aliphatic carbocycles. The fourth-order valence-corrected chi connectivity index (χ4v) is 2.91. The lowest BCUT2D eigenvalue weighted by molar-refractivity contribution is -0.128. The summed E-state index contributed by atoms with van der Waals surface area (Å²) in [6, 6.07) is 0. The number of carbonyl (C=O) groups excluding carboxylic acids is 1. The molecule has 116 valence electrons. The van der Waals surface area contributed by atoms with E-state index in [0.717, 1.165) is 25.5 Å². The third-order valence-corrected chi connectivity index (χ3v) is 4.24. The molecule has 0 aliphatic heterocycles. The van der Waals surface area contributed by atoms with E-state index in [-0.39, 0.29) is 24.8 Å². The second-order valence-corrected chi connectivity index (χ2v) is 6.88. The lowest BCUT2D eigenvalue weighted by Gasteiger charge is -2.34. The Hall–Kier alpha value is -1.35. The molecule has 1 rings (SSSR count). The van der Waals surface area contributed by atoms with Crippen LogP contribution < -0.4 is 15.8 Å². The summed E-state index contributed by atoms with van der Waals surface area (Å²) >= 11 is 0. The molecule has 0 heterocycles. The molecule has 0 saturated heterocycles. The van der Waals surface area contributed by atoms with Crippen LogP contribution in [0, 0.1) is 5.41 Å². The van der Waals surface area contributed by atoms with Crippen LogP contribution in [0.25, 0.3) is 0 Å². The van der Waals surface area contributed by atoms with Crippen molar-refractivity contribution in [3.8, 4) is 0 Å². The average Bonchev–Trinajstić information content (AvgIpc) is 2.42. The molecule has 0 unspecified atom stereocenters. The molecule has 0 radical (unpaired) electrons. The standard InChI is InChI=1S/C11H22N4O4S/c1-20(18,19)14-8-7-13-10(16)11(9(12)15-17)5-3-2-4-6-11/h14,17H,2-8H2,1H3,(H2,12,15)(H,13,16). The highest BCUT2D eigenvalue weighted by Gasteiger charge is 2.43. The van der Waals surface area contributed by atoms with Gasteiger partial charge in [0.2, 0.25) is 15.9 Å². The van der Waals surface area contributed by atoms with Crippen LogP contribution >= 0.6 is 0 Å². The summed E-state index contributed by atoms with van der Waals surface area (Å²) in [4.78, 5) is 12.3. The molecule has 1 fully saturated rings. The van der Waals surface area contributed by atoms with Crippen molar-refractivity contribution in [3.05, 3.63) is 0 Å². The number of hydrogen-bond donors (Lipinski definition) is 4. The molecule has 0 aromatic carbocycles. The van der Waals surface area contributed by atoms with Crippen molar-refractivity contribution in [2.45, 2.75) is 32.1 Å². The number of nitrogens with two attached hydrogens (primary N) is 1. The quantitative estimate of drug-likeness (QED) is 0.170. The van der Waals surface area contributed by atoms with E-state index in [4.69, 9.17) is 10.9 Å². The molecule has 0 aromatic rings. The Bertz CT molecular complexity index is 469. The summed E-state index contributed by atoms with van der Waals surface area (Å²) in [6.45, 7) is 0.267. The Kier molecular flexibility index (Phi) is 5.75. The molecular weight excluding hydrogens is 284 g/mol. The molecule has 1 amide bonds. The maximum atomic E-state index is 12.3. The Morgan fingerprint density at radius 2 is 1.90 bits per heavy atom. The van der Waals surface area contributed by atoms with Crippen LogP contribution in [0.2, 0.25) is 0 Å². The van der Waals surface area contributed by atoms with E-state index in [1.165, 1.54) is 0 Å². The number of sulfonamides is 1. The molecule has 5 N–H and O–H groups in total. The molecule has 9 heteroatoms. The summed E-state index contributed by atoms with van der Waals surface area (Å²) in [6.07, 6.45) is 4.82. The molecule has 0 bridgehead atoms. The van der Waals surface area contributed by atoms with Crippen LogP contribution in [0.4, 0.5) is 0 Å². The minimum Gasteiger partial charge on any atom is -0.409 e. The van der Waals surface area contributed by atoms with Gasteiger partial charge in [-0.15, -0.1) is 0 Å². The SMILES string of the molecule is CS(=O)(=O)NCCNC(=O)C1(C(N)=NO)CCCCC1. The van der Waals surface area contributed by atoms with Crippen molar-refractivity contribution in [2.24, 2.45) is 16.3 Å². The maximum absolute atomic E-state index is 12.3. The molecular formula is C11H22N4O4S. The lowest BCUT2D eigenvalue weighted by Crippen LogP contribution is -2.52. The maximum Gasteiger partial charge on any atom is 0.234 e. The first-order valence-corrected chi connectivity index (χ1v) is 8.42. The van der Waals surface area contributed by atoms with Crippen LogP contribution in [0.3, 0.4) is 0 Å². The number of amidine groups is 1. The van der Waals surface area contributed by atoms with Gasteiger partial charge in [0.15, 0.2) is 5.84 Å². The minimum absolute atomic E-state index is 0.0780. The largest absolute Gasteiger partial charge is 0.409 e. The number of carbonyl (C=O) groups is 1. The van der Waals surface area contributed by atoms with Gasteiger partial charge in [-0.3, -0.25) is 4.79 Å². The van der Waals surface area contributed by atoms with Crippen molar-refractivity contribution in [3.63, 3.8) is 0 Å². The lowest BCUT2D eigenvalue weighted by atomic mass is 9.72. The Morgan fingerprint density at radius 3 is 2.40 bits per heavy atom. The first kappa shape index (κ1) is 16.7. The normalized spacial score (nSPS) is 19.6. The van der Waals surface area contributed by atoms with Crippen molar-refractivity contribution in [1.29, 1.82) is 0 Å². The van der Waals surface area contributed by atoms with Crippen LogP contribution in [0.1, 0.15) is 32.1 Å². The van der Waals surface area contributed by atoms with E-state index < -0.39 is 15.4 Å². The monoisotopic (exact) mass is 306 g/mol. The minimum atomic E-state index is -3.27. The molecule has 0 atom stereocenters. The van der Waals surface area contributed by atoms with Crippen LogP contribution in [-0.2, 0) is 14.8 Å². The van der Waals surface area contributed by atoms with Gasteiger partial charge in [-0.25, -0.2) is 13.1 Å². The van der Waals surface area contributed by atoms with Gasteiger partial charge >= 0.3 is 0 Å². The van der Waals surface area contributed by atoms with E-state index in [2.05, 4.69) is 15.2 Å². The zero-order valence-electron chi connectivity index (χ0n) is 11.6. The summed E-state index contributed by atoms with van der Waals surface area (Å²) in [7, 11) is -3.27. The van der Waals surface area contributed by atoms with E-state index in [9.17, 15) is 13.2 Å². The Morgan fingerprint density at radius 1 is 1.30 bits per heavy atom. The average molecular weight is 306 g/mol. The summed E-state index contributed by atoms with van der Waals surface area (Å²) in [5.41, 5.74) is 4.71. The number of oxime groups is 1. The van der Waals surface area contributed by atoms with Crippen LogP contribution in [0.5, 0.6) is 0 Å². The Labute approximate surface area is 118 Å². The van der Waals surface area contributed by atoms with Gasteiger partial charge < -0.3 is 16.3 Å². The molecule has 1 aliphatic rings. The fourth-order valence-electron chi connectivity index (χ4n) is 2.43. The van der Waals surface area contributed by atoms with Gasteiger partial charge in [0, 0.05) is 13.1 Å². The topological polar surface area (TPSA) is 134 Å². The number of hydrogen-bond acceptors (Lipinski definition) is 5. The number of nitrogens with one attached hydrogen (secondary N) is 2. The second kappa shape index (κ2) is 6.89. The zero-order valence-corrected chi connectivity index (χ0v) is 12.4. The van der Waals surface area contributed by atoms with Crippen molar-refractivity contribution >= 4 is 21.8 Å². The molecule has 0 aromatic heterocycles. The highest BCUT2D eigenvalue weighted by atomic mass is 32.2. The highest BCUT2D eigenvalue weighted by molar-refractivity contribution is 7.88. The predicted octanol–water partition coefficient (Wildman–Crippen LogP) is -0.651. The summed E-state index contributed by atoms with van der Waals surface area (Å²) in [5, 5.41) is 14.5. The van der Waals surface area contributed by atoms with Gasteiger partial charge in [0.05, 0.1) is 6.26 Å². The summed E-state index contributed by atoms with van der Waals surface area (Å²) < 4.78 is 24.1. The van der Waals surface area contributed by atoms with Gasteiger partial charge in [0.1, 0.15) is 5.41 Å². The first-order valence-electron chi connectivity index (χ1n) is 6.53. The molecule has 8 nitrogen and oxygen atoms in total. The van der Waals surface area contributed by atoms with E-state index in [0.29, 0.717) is 12.8 Å². The number of amides is 1. The number of rotatable bonds is 6. The smallest absolute Gasteiger partial charge is 0.234 e. The third kappa shape index (κ3) is 4.34. The number of nitrogens with zero attached hydrogens (tertiary/aromatic N) is 1. The van der Waals surface area contributed by atoms with Gasteiger partial charge in [-0.2, -0.15) is 0 Å². The van der Waals surface area contributed by atoms with Crippen molar-refractivity contribution < 1.29 is 18.4 Å². The summed E-state index contributed by atoms with van der Waals surface area (Å²) in [5.74, 6) is -0.395. The van der Waals surface area contributed by atoms with E-state index in [1.807, 2.05) is 0 Å². The fraction of sp³-hybridized carbons (Fsp3) is 0.818. The predicted molar refractivity (Wildman–Crippen MR) is 74.8 cm³/mol. The third-order valence-electron chi connectivity index (χ3n) is 3.51. The van der Waals surface area contributed by atoms with Gasteiger partial charge in [-0.05, 0) is 12.8 Å². The van der Waals surface area contributed by atoms with Crippen molar-refractivity contribution in [2.75, 3.05) is 19.3 Å². The highest BCUT2D eigenvalue weighted by Crippen LogP contribution is 2.36. The second-order valence-electron chi connectivity index (χ2n) is 5.05. The van der Waals surface area contributed by atoms with E-state index in [1.54, 1.807) is 0 Å². The first-order chi connectivity index (χ1) is 9.32. The Balaban J connectivity index is 2.61. The van der Waals surface area contributed by atoms with Crippen LogP contribution in [-0.4, -0.2) is 44.7 Å². The zero-order chi connectivity index (χ0) is 15.2.